The number of carbonyl (C=O) groups is 1. The molecule has 1 aromatic rings. The van der Waals surface area contributed by atoms with Crippen LogP contribution in [0.1, 0.15) is 24.0 Å². The molecule has 1 amide bonds. The maximum atomic E-state index is 13.8. The van der Waals surface area contributed by atoms with Crippen molar-refractivity contribution < 1.29 is 13.6 Å². The van der Waals surface area contributed by atoms with Gasteiger partial charge in [-0.1, -0.05) is 6.92 Å². The van der Waals surface area contributed by atoms with Gasteiger partial charge >= 0.3 is 0 Å². The first kappa shape index (κ1) is 12.0. The van der Waals surface area contributed by atoms with Gasteiger partial charge in [-0.25, -0.2) is 8.78 Å². The number of nitrogens with zero attached hydrogens (tertiary/aromatic N) is 1. The topological polar surface area (TPSA) is 20.3 Å². The summed E-state index contributed by atoms with van der Waals surface area (Å²) in [5, 5.41) is 0. The Kier molecular flexibility index (Phi) is 2.89. The average Bonchev–Trinajstić information content (AvgIpc) is 2.45. The second-order valence-corrected chi connectivity index (χ2v) is 4.76. The molecule has 0 saturated carbocycles. The van der Waals surface area contributed by atoms with E-state index in [1.54, 1.807) is 20.9 Å². The van der Waals surface area contributed by atoms with Gasteiger partial charge < -0.3 is 4.90 Å². The number of halogens is 2. The molecule has 2 rings (SSSR count). The van der Waals surface area contributed by atoms with Crippen LogP contribution in [0.2, 0.25) is 0 Å². The zero-order valence-corrected chi connectivity index (χ0v) is 10.1. The van der Waals surface area contributed by atoms with Gasteiger partial charge in [0.05, 0.1) is 0 Å². The van der Waals surface area contributed by atoms with Crippen LogP contribution in [0.15, 0.2) is 12.1 Å². The molecule has 92 valence electrons. The Labute approximate surface area is 99.2 Å². The molecule has 1 aliphatic heterocycles. The van der Waals surface area contributed by atoms with E-state index in [4.69, 9.17) is 0 Å². The van der Waals surface area contributed by atoms with Crippen molar-refractivity contribution in [1.29, 1.82) is 0 Å². The first-order valence-electron chi connectivity index (χ1n) is 5.62. The van der Waals surface area contributed by atoms with Crippen molar-refractivity contribution in [3.63, 3.8) is 0 Å². The van der Waals surface area contributed by atoms with Gasteiger partial charge in [0.25, 0.3) is 0 Å². The molecule has 0 bridgehead atoms. The van der Waals surface area contributed by atoms with Gasteiger partial charge in [0, 0.05) is 31.0 Å². The number of carbonyl (C=O) groups excluding carboxylic acids is 1. The Morgan fingerprint density at radius 3 is 2.24 bits per heavy atom. The van der Waals surface area contributed by atoms with Crippen molar-refractivity contribution in [2.45, 2.75) is 19.8 Å². The quantitative estimate of drug-likeness (QED) is 0.737. The minimum absolute atomic E-state index is 0.0424. The molecule has 1 saturated heterocycles. The second kappa shape index (κ2) is 4.09. The molecule has 1 aliphatic rings. The first-order valence-corrected chi connectivity index (χ1v) is 5.62. The number of hydrogen-bond acceptors (Lipinski definition) is 1. The van der Waals surface area contributed by atoms with Crippen molar-refractivity contribution in [3.8, 4) is 0 Å². The normalized spacial score (nSPS) is 24.5. The van der Waals surface area contributed by atoms with E-state index in [9.17, 15) is 13.6 Å². The number of likely N-dealkylation sites (N-methyl/N-ethyl adjacent to an activating group) is 1. The van der Waals surface area contributed by atoms with Crippen molar-refractivity contribution in [2.24, 2.45) is 5.92 Å². The van der Waals surface area contributed by atoms with Gasteiger partial charge in [0.15, 0.2) is 0 Å². The van der Waals surface area contributed by atoms with Crippen LogP contribution in [0.5, 0.6) is 0 Å². The minimum atomic E-state index is -0.553. The number of hydrogen-bond donors (Lipinski definition) is 0. The highest BCUT2D eigenvalue weighted by Gasteiger charge is 2.38. The van der Waals surface area contributed by atoms with E-state index >= 15 is 0 Å². The Morgan fingerprint density at radius 2 is 1.82 bits per heavy atom. The number of likely N-dealkylation sites (tertiary alicyclic amines) is 1. The van der Waals surface area contributed by atoms with E-state index in [1.165, 1.54) is 17.0 Å². The maximum Gasteiger partial charge on any atom is 0.225 e. The Hall–Kier alpha value is -1.45. The summed E-state index contributed by atoms with van der Waals surface area (Å²) in [6.07, 6.45) is 0. The maximum absolute atomic E-state index is 13.8. The highest BCUT2D eigenvalue weighted by molar-refractivity contribution is 5.82. The molecule has 0 unspecified atom stereocenters. The lowest BCUT2D eigenvalue weighted by Crippen LogP contribution is -2.21. The van der Waals surface area contributed by atoms with Crippen molar-refractivity contribution >= 4 is 5.91 Å². The molecule has 0 aromatic heterocycles. The summed E-state index contributed by atoms with van der Waals surface area (Å²) >= 11 is 0. The van der Waals surface area contributed by atoms with Crippen molar-refractivity contribution in [3.05, 3.63) is 34.9 Å². The Bertz CT molecular complexity index is 449. The van der Waals surface area contributed by atoms with Gasteiger partial charge in [0.2, 0.25) is 5.91 Å². The summed E-state index contributed by atoms with van der Waals surface area (Å²) in [6.45, 7) is 3.73. The molecule has 2 nitrogen and oxygen atoms in total. The molecule has 0 aliphatic carbocycles. The molecule has 0 spiro atoms. The molecule has 1 aromatic carbocycles. The Morgan fingerprint density at radius 1 is 1.29 bits per heavy atom. The number of rotatable bonds is 1. The lowest BCUT2D eigenvalue weighted by molar-refractivity contribution is -0.129. The van der Waals surface area contributed by atoms with Crippen LogP contribution in [-0.4, -0.2) is 24.4 Å². The van der Waals surface area contributed by atoms with Gasteiger partial charge in [-0.15, -0.1) is 0 Å². The van der Waals surface area contributed by atoms with E-state index < -0.39 is 17.6 Å². The molecule has 0 N–H and O–H groups in total. The summed E-state index contributed by atoms with van der Waals surface area (Å²) in [4.78, 5) is 13.2. The molecule has 0 radical (unpaired) electrons. The fourth-order valence-corrected chi connectivity index (χ4v) is 2.47. The lowest BCUT2D eigenvalue weighted by Gasteiger charge is -2.15. The summed E-state index contributed by atoms with van der Waals surface area (Å²) in [7, 11) is 1.66. The van der Waals surface area contributed by atoms with E-state index in [2.05, 4.69) is 0 Å². The summed E-state index contributed by atoms with van der Waals surface area (Å²) < 4.78 is 27.6. The van der Waals surface area contributed by atoms with Crippen LogP contribution in [0.4, 0.5) is 8.78 Å². The zero-order chi connectivity index (χ0) is 12.7. The van der Waals surface area contributed by atoms with E-state index in [1.807, 2.05) is 0 Å². The highest BCUT2D eigenvalue weighted by atomic mass is 19.1. The van der Waals surface area contributed by atoms with E-state index in [-0.39, 0.29) is 17.4 Å². The summed E-state index contributed by atoms with van der Waals surface area (Å²) in [6, 6.07) is 2.63. The molecule has 1 heterocycles. The highest BCUT2D eigenvalue weighted by Crippen LogP contribution is 2.35. The standard InChI is InChI=1S/C13H15F2NO/c1-7-4-10(14)12(11(15)5-7)9-6-16(3)13(17)8(9)2/h4-5,8-9H,6H2,1-3H3/t8-,9-/m1/s1. The van der Waals surface area contributed by atoms with Gasteiger partial charge in [-0.05, 0) is 24.6 Å². The van der Waals surface area contributed by atoms with Gasteiger partial charge in [-0.3, -0.25) is 4.79 Å². The molecular weight excluding hydrogens is 224 g/mol. The van der Waals surface area contributed by atoms with Crippen molar-refractivity contribution in [2.75, 3.05) is 13.6 Å². The molecular formula is C13H15F2NO. The molecule has 17 heavy (non-hydrogen) atoms. The average molecular weight is 239 g/mol. The SMILES string of the molecule is Cc1cc(F)c([C@@H]2CN(C)C(=O)[C@@H]2C)c(F)c1. The fraction of sp³-hybridized carbons (Fsp3) is 0.462. The second-order valence-electron chi connectivity index (χ2n) is 4.76. The van der Waals surface area contributed by atoms with Crippen LogP contribution in [0.25, 0.3) is 0 Å². The predicted molar refractivity (Wildman–Crippen MR) is 60.6 cm³/mol. The van der Waals surface area contributed by atoms with Crippen LogP contribution in [0.3, 0.4) is 0 Å². The van der Waals surface area contributed by atoms with E-state index in [0.717, 1.165) is 0 Å². The first-order chi connectivity index (χ1) is 7.91. The Balaban J connectivity index is 2.45. The van der Waals surface area contributed by atoms with Gasteiger partial charge in [-0.2, -0.15) is 0 Å². The van der Waals surface area contributed by atoms with Crippen LogP contribution >= 0.6 is 0 Å². The predicted octanol–water partition coefficient (Wildman–Crippen LogP) is 2.46. The van der Waals surface area contributed by atoms with Crippen molar-refractivity contribution in [1.82, 2.24) is 4.90 Å². The van der Waals surface area contributed by atoms with Gasteiger partial charge in [0.1, 0.15) is 11.6 Å². The van der Waals surface area contributed by atoms with E-state index in [0.29, 0.717) is 12.1 Å². The summed E-state index contributed by atoms with van der Waals surface area (Å²) in [5.74, 6) is -1.93. The molecule has 2 atom stereocenters. The number of benzene rings is 1. The van der Waals surface area contributed by atoms with Crippen LogP contribution in [0, 0.1) is 24.5 Å². The number of aryl methyl sites for hydroxylation is 1. The van der Waals surface area contributed by atoms with Crippen LogP contribution < -0.4 is 0 Å². The third kappa shape index (κ3) is 1.92. The minimum Gasteiger partial charge on any atom is -0.345 e. The smallest absolute Gasteiger partial charge is 0.225 e. The number of amides is 1. The summed E-state index contributed by atoms with van der Waals surface area (Å²) in [5.41, 5.74) is 0.592. The zero-order valence-electron chi connectivity index (χ0n) is 10.1. The lowest BCUT2D eigenvalue weighted by atomic mass is 9.88. The molecule has 1 fully saturated rings. The fourth-order valence-electron chi connectivity index (χ4n) is 2.47. The van der Waals surface area contributed by atoms with Crippen LogP contribution in [-0.2, 0) is 4.79 Å². The third-order valence-corrected chi connectivity index (χ3v) is 3.43. The third-order valence-electron chi connectivity index (χ3n) is 3.43. The molecule has 4 heteroatoms. The monoisotopic (exact) mass is 239 g/mol. The largest absolute Gasteiger partial charge is 0.345 e.